The minimum atomic E-state index is -0.956. The standard InChI is InChI=1S/C14H26N2O3/c1-2-9-16(10-12(17)18)13(19)14(11-15)7-5-3-4-6-8-14/h2-11,15H2,1H3,(H,17,18). The number of carboxylic acid groups (broad SMARTS) is 1. The van der Waals surface area contributed by atoms with Gasteiger partial charge in [0.25, 0.3) is 0 Å². The molecule has 0 saturated heterocycles. The normalized spacial score (nSPS) is 18.6. The van der Waals surface area contributed by atoms with Gasteiger partial charge in [-0.1, -0.05) is 32.6 Å². The molecule has 0 radical (unpaired) electrons. The van der Waals surface area contributed by atoms with E-state index in [0.717, 1.165) is 44.9 Å². The third kappa shape index (κ3) is 4.20. The van der Waals surface area contributed by atoms with Crippen LogP contribution in [0.2, 0.25) is 0 Å². The Hall–Kier alpha value is -1.10. The summed E-state index contributed by atoms with van der Waals surface area (Å²) in [6.45, 7) is 2.55. The summed E-state index contributed by atoms with van der Waals surface area (Å²) in [4.78, 5) is 25.1. The first kappa shape index (κ1) is 16.0. The fraction of sp³-hybridized carbons (Fsp3) is 0.857. The molecule has 0 aromatic heterocycles. The highest BCUT2D eigenvalue weighted by Gasteiger charge is 2.40. The fourth-order valence-electron chi connectivity index (χ4n) is 2.93. The van der Waals surface area contributed by atoms with Gasteiger partial charge in [0, 0.05) is 13.1 Å². The van der Waals surface area contributed by atoms with Crippen LogP contribution >= 0.6 is 0 Å². The van der Waals surface area contributed by atoms with E-state index in [9.17, 15) is 9.59 Å². The number of amides is 1. The van der Waals surface area contributed by atoms with Crippen molar-refractivity contribution < 1.29 is 14.7 Å². The highest BCUT2D eigenvalue weighted by atomic mass is 16.4. The largest absolute Gasteiger partial charge is 0.480 e. The van der Waals surface area contributed by atoms with Crippen LogP contribution < -0.4 is 5.73 Å². The quantitative estimate of drug-likeness (QED) is 0.718. The lowest BCUT2D eigenvalue weighted by atomic mass is 9.79. The monoisotopic (exact) mass is 270 g/mol. The lowest BCUT2D eigenvalue weighted by molar-refractivity contribution is -0.150. The summed E-state index contributed by atoms with van der Waals surface area (Å²) in [5.41, 5.74) is 5.35. The minimum absolute atomic E-state index is 0.0545. The highest BCUT2D eigenvalue weighted by Crippen LogP contribution is 2.36. The average molecular weight is 270 g/mol. The van der Waals surface area contributed by atoms with Gasteiger partial charge < -0.3 is 15.7 Å². The van der Waals surface area contributed by atoms with Gasteiger partial charge in [0.1, 0.15) is 6.54 Å². The van der Waals surface area contributed by atoms with Crippen molar-refractivity contribution in [1.82, 2.24) is 4.90 Å². The Balaban J connectivity index is 2.86. The van der Waals surface area contributed by atoms with Crippen molar-refractivity contribution in [2.24, 2.45) is 11.1 Å². The zero-order valence-electron chi connectivity index (χ0n) is 11.9. The van der Waals surface area contributed by atoms with Crippen molar-refractivity contribution in [3.05, 3.63) is 0 Å². The van der Waals surface area contributed by atoms with Gasteiger partial charge in [-0.3, -0.25) is 9.59 Å². The molecule has 1 fully saturated rings. The number of hydrogen-bond donors (Lipinski definition) is 2. The predicted molar refractivity (Wildman–Crippen MR) is 73.7 cm³/mol. The molecule has 1 amide bonds. The van der Waals surface area contributed by atoms with Crippen molar-refractivity contribution in [2.45, 2.75) is 51.9 Å². The topological polar surface area (TPSA) is 83.6 Å². The van der Waals surface area contributed by atoms with Crippen LogP contribution in [0, 0.1) is 5.41 Å². The number of carboxylic acids is 1. The minimum Gasteiger partial charge on any atom is -0.480 e. The summed E-state index contributed by atoms with van der Waals surface area (Å²) in [6.07, 6.45) is 6.65. The maximum Gasteiger partial charge on any atom is 0.323 e. The molecular formula is C14H26N2O3. The van der Waals surface area contributed by atoms with E-state index in [1.54, 1.807) is 0 Å². The molecule has 0 unspecified atom stereocenters. The van der Waals surface area contributed by atoms with Crippen molar-refractivity contribution in [3.8, 4) is 0 Å². The number of carbonyl (C=O) groups excluding carboxylic acids is 1. The van der Waals surface area contributed by atoms with Gasteiger partial charge >= 0.3 is 5.97 Å². The van der Waals surface area contributed by atoms with Crippen LogP contribution in [-0.2, 0) is 9.59 Å². The predicted octanol–water partition coefficient (Wildman–Crippen LogP) is 1.61. The molecule has 0 spiro atoms. The van der Waals surface area contributed by atoms with Crippen molar-refractivity contribution in [2.75, 3.05) is 19.6 Å². The lowest BCUT2D eigenvalue weighted by Gasteiger charge is -2.35. The van der Waals surface area contributed by atoms with Crippen LogP contribution in [-0.4, -0.2) is 41.5 Å². The zero-order valence-corrected chi connectivity index (χ0v) is 11.9. The molecule has 1 rings (SSSR count). The molecule has 0 aromatic rings. The molecule has 0 atom stereocenters. The van der Waals surface area contributed by atoms with E-state index < -0.39 is 11.4 Å². The number of carbonyl (C=O) groups is 2. The maximum atomic E-state index is 12.7. The van der Waals surface area contributed by atoms with Gasteiger partial charge in [0.05, 0.1) is 5.41 Å². The molecule has 0 aliphatic heterocycles. The first-order valence-corrected chi connectivity index (χ1v) is 7.27. The van der Waals surface area contributed by atoms with Gasteiger partial charge in [0.15, 0.2) is 0 Å². The average Bonchev–Trinajstić information content (AvgIpc) is 2.63. The molecule has 0 heterocycles. The highest BCUT2D eigenvalue weighted by molar-refractivity contribution is 5.86. The number of aliphatic carboxylic acids is 1. The maximum absolute atomic E-state index is 12.7. The lowest BCUT2D eigenvalue weighted by Crippen LogP contribution is -2.49. The Bertz CT molecular complexity index is 310. The molecule has 1 aliphatic carbocycles. The molecule has 19 heavy (non-hydrogen) atoms. The van der Waals surface area contributed by atoms with Gasteiger partial charge in [-0.15, -0.1) is 0 Å². The molecule has 5 nitrogen and oxygen atoms in total. The third-order valence-electron chi connectivity index (χ3n) is 4.01. The van der Waals surface area contributed by atoms with E-state index >= 15 is 0 Å². The van der Waals surface area contributed by atoms with Gasteiger partial charge in [-0.05, 0) is 19.3 Å². The molecule has 1 aliphatic rings. The molecule has 0 bridgehead atoms. The second-order valence-electron chi connectivity index (χ2n) is 5.52. The molecule has 110 valence electrons. The summed E-state index contributed by atoms with van der Waals surface area (Å²) >= 11 is 0. The Morgan fingerprint density at radius 3 is 2.21 bits per heavy atom. The van der Waals surface area contributed by atoms with Crippen molar-refractivity contribution >= 4 is 11.9 Å². The molecule has 0 aromatic carbocycles. The molecule has 1 saturated carbocycles. The van der Waals surface area contributed by atoms with E-state index in [0.29, 0.717) is 13.1 Å². The molecule has 5 heteroatoms. The van der Waals surface area contributed by atoms with Crippen molar-refractivity contribution in [1.29, 1.82) is 0 Å². The Kier molecular flexibility index (Phi) is 6.28. The van der Waals surface area contributed by atoms with Crippen LogP contribution in [0.25, 0.3) is 0 Å². The van der Waals surface area contributed by atoms with Gasteiger partial charge in [-0.2, -0.15) is 0 Å². The van der Waals surface area contributed by atoms with Crippen molar-refractivity contribution in [3.63, 3.8) is 0 Å². The molecule has 3 N–H and O–H groups in total. The summed E-state index contributed by atoms with van der Waals surface area (Å²) in [5, 5.41) is 8.94. The molecular weight excluding hydrogens is 244 g/mol. The smallest absolute Gasteiger partial charge is 0.323 e. The Morgan fingerprint density at radius 2 is 1.79 bits per heavy atom. The number of nitrogens with two attached hydrogens (primary N) is 1. The van der Waals surface area contributed by atoms with Gasteiger partial charge in [0.2, 0.25) is 5.91 Å². The SMILES string of the molecule is CCCN(CC(=O)O)C(=O)C1(CN)CCCCCC1. The summed E-state index contributed by atoms with van der Waals surface area (Å²) in [5.74, 6) is -1.01. The first-order valence-electron chi connectivity index (χ1n) is 7.27. The van der Waals surface area contributed by atoms with Gasteiger partial charge in [-0.25, -0.2) is 0 Å². The number of hydrogen-bond acceptors (Lipinski definition) is 3. The number of rotatable bonds is 6. The number of nitrogens with zero attached hydrogens (tertiary/aromatic N) is 1. The van der Waals surface area contributed by atoms with Crippen LogP contribution in [0.15, 0.2) is 0 Å². The summed E-state index contributed by atoms with van der Waals surface area (Å²) in [7, 11) is 0. The third-order valence-corrected chi connectivity index (χ3v) is 4.01. The first-order chi connectivity index (χ1) is 9.05. The zero-order chi connectivity index (χ0) is 14.3. The summed E-state index contributed by atoms with van der Waals surface area (Å²) < 4.78 is 0. The van der Waals surface area contributed by atoms with Crippen LogP contribution in [0.1, 0.15) is 51.9 Å². The second kappa shape index (κ2) is 7.48. The van der Waals surface area contributed by atoms with E-state index in [1.807, 2.05) is 6.92 Å². The van der Waals surface area contributed by atoms with E-state index in [2.05, 4.69) is 0 Å². The van der Waals surface area contributed by atoms with E-state index in [1.165, 1.54) is 4.90 Å². The van der Waals surface area contributed by atoms with Crippen LogP contribution in [0.4, 0.5) is 0 Å². The fourth-order valence-corrected chi connectivity index (χ4v) is 2.93. The second-order valence-corrected chi connectivity index (χ2v) is 5.52. The van der Waals surface area contributed by atoms with E-state index in [-0.39, 0.29) is 12.5 Å². The van der Waals surface area contributed by atoms with E-state index in [4.69, 9.17) is 10.8 Å². The Morgan fingerprint density at radius 1 is 1.21 bits per heavy atom. The van der Waals surface area contributed by atoms with Crippen LogP contribution in [0.5, 0.6) is 0 Å². The Labute approximate surface area is 115 Å². The summed E-state index contributed by atoms with van der Waals surface area (Å²) in [6, 6.07) is 0. The van der Waals surface area contributed by atoms with Crippen LogP contribution in [0.3, 0.4) is 0 Å².